The zero-order valence-electron chi connectivity index (χ0n) is 11.7. The number of rotatable bonds is 4. The molecule has 22 heavy (non-hydrogen) atoms. The molecule has 0 bridgehead atoms. The summed E-state index contributed by atoms with van der Waals surface area (Å²) in [5.41, 5.74) is 1.59. The Hall–Kier alpha value is -2.25. The van der Waals surface area contributed by atoms with E-state index in [2.05, 4.69) is 9.97 Å². The third-order valence-electron chi connectivity index (χ3n) is 3.10. The Morgan fingerprint density at radius 1 is 1.05 bits per heavy atom. The minimum Gasteiger partial charge on any atom is -0.236 e. The number of anilines is 1. The van der Waals surface area contributed by atoms with E-state index in [4.69, 9.17) is 0 Å². The summed E-state index contributed by atoms with van der Waals surface area (Å²) >= 11 is 1.17. The molecule has 3 aromatic rings. The summed E-state index contributed by atoms with van der Waals surface area (Å²) in [6, 6.07) is 14.6. The highest BCUT2D eigenvalue weighted by molar-refractivity contribution is 7.94. The maximum Gasteiger partial charge on any atom is 0.275 e. The second-order valence-electron chi connectivity index (χ2n) is 4.51. The molecule has 0 atom stereocenters. The van der Waals surface area contributed by atoms with Crippen LogP contribution in [0.25, 0.3) is 11.3 Å². The summed E-state index contributed by atoms with van der Waals surface area (Å²) in [4.78, 5) is 8.44. The monoisotopic (exact) mass is 331 g/mol. The van der Waals surface area contributed by atoms with Crippen LogP contribution < -0.4 is 4.31 Å². The van der Waals surface area contributed by atoms with Crippen LogP contribution in [-0.2, 0) is 10.0 Å². The molecule has 0 saturated heterocycles. The first-order chi connectivity index (χ1) is 10.6. The fourth-order valence-electron chi connectivity index (χ4n) is 1.92. The maximum atomic E-state index is 12.5. The standard InChI is InChI=1S/C15H13N3O2S2/c1-18(22(19,20)14-8-5-11-21-14)15-16-10-9-13(17-15)12-6-3-2-4-7-12/h2-11H,1H3. The van der Waals surface area contributed by atoms with Crippen molar-refractivity contribution in [2.75, 3.05) is 11.4 Å². The normalized spacial score (nSPS) is 11.3. The average Bonchev–Trinajstić information content (AvgIpc) is 3.10. The predicted molar refractivity (Wildman–Crippen MR) is 87.4 cm³/mol. The Labute approximate surface area is 133 Å². The highest BCUT2D eigenvalue weighted by atomic mass is 32.2. The topological polar surface area (TPSA) is 63.2 Å². The molecular formula is C15H13N3O2S2. The molecule has 0 fully saturated rings. The molecule has 0 N–H and O–H groups in total. The molecule has 0 unspecified atom stereocenters. The molecule has 0 amide bonds. The van der Waals surface area contributed by atoms with E-state index in [0.717, 1.165) is 9.87 Å². The Morgan fingerprint density at radius 2 is 1.82 bits per heavy atom. The molecule has 0 aliphatic heterocycles. The molecule has 0 aliphatic rings. The fraction of sp³-hybridized carbons (Fsp3) is 0.0667. The average molecular weight is 331 g/mol. The van der Waals surface area contributed by atoms with Crippen molar-refractivity contribution in [1.29, 1.82) is 0 Å². The molecule has 7 heteroatoms. The Morgan fingerprint density at radius 3 is 2.50 bits per heavy atom. The molecule has 112 valence electrons. The van der Waals surface area contributed by atoms with E-state index in [1.807, 2.05) is 30.3 Å². The first-order valence-electron chi connectivity index (χ1n) is 6.50. The summed E-state index contributed by atoms with van der Waals surface area (Å²) in [6.45, 7) is 0. The minimum absolute atomic E-state index is 0.148. The van der Waals surface area contributed by atoms with Gasteiger partial charge in [0.15, 0.2) is 0 Å². The van der Waals surface area contributed by atoms with Gasteiger partial charge in [-0.3, -0.25) is 0 Å². The second-order valence-corrected chi connectivity index (χ2v) is 7.66. The van der Waals surface area contributed by atoms with Gasteiger partial charge in [0.25, 0.3) is 10.0 Å². The number of thiophene rings is 1. The first-order valence-corrected chi connectivity index (χ1v) is 8.82. The van der Waals surface area contributed by atoms with Crippen molar-refractivity contribution in [2.45, 2.75) is 4.21 Å². The summed E-state index contributed by atoms with van der Waals surface area (Å²) in [5, 5.41) is 1.72. The van der Waals surface area contributed by atoms with E-state index in [1.165, 1.54) is 18.4 Å². The maximum absolute atomic E-state index is 12.5. The van der Waals surface area contributed by atoms with Crippen molar-refractivity contribution >= 4 is 27.3 Å². The summed E-state index contributed by atoms with van der Waals surface area (Å²) in [5.74, 6) is 0.148. The zero-order valence-corrected chi connectivity index (χ0v) is 13.4. The van der Waals surface area contributed by atoms with Crippen LogP contribution in [0.4, 0.5) is 5.95 Å². The number of benzene rings is 1. The van der Waals surface area contributed by atoms with Crippen LogP contribution in [0.5, 0.6) is 0 Å². The molecule has 2 aromatic heterocycles. The van der Waals surface area contributed by atoms with Crippen LogP contribution in [-0.4, -0.2) is 25.4 Å². The number of sulfonamides is 1. The summed E-state index contributed by atoms with van der Waals surface area (Å²) in [7, 11) is -2.16. The molecule has 0 radical (unpaired) electrons. The zero-order chi connectivity index (χ0) is 15.6. The van der Waals surface area contributed by atoms with Gasteiger partial charge in [0.05, 0.1) is 5.69 Å². The lowest BCUT2D eigenvalue weighted by Gasteiger charge is -2.16. The lowest BCUT2D eigenvalue weighted by Crippen LogP contribution is -2.27. The molecule has 5 nitrogen and oxygen atoms in total. The van der Waals surface area contributed by atoms with Gasteiger partial charge in [0.2, 0.25) is 5.95 Å². The van der Waals surface area contributed by atoms with Gasteiger partial charge >= 0.3 is 0 Å². The predicted octanol–water partition coefficient (Wildman–Crippen LogP) is 3.03. The minimum atomic E-state index is -3.62. The number of hydrogen-bond acceptors (Lipinski definition) is 5. The van der Waals surface area contributed by atoms with Gasteiger partial charge in [0, 0.05) is 18.8 Å². The highest BCUT2D eigenvalue weighted by Crippen LogP contribution is 2.24. The molecule has 1 aromatic carbocycles. The lowest BCUT2D eigenvalue weighted by molar-refractivity contribution is 0.595. The van der Waals surface area contributed by atoms with E-state index in [0.29, 0.717) is 5.69 Å². The van der Waals surface area contributed by atoms with Gasteiger partial charge < -0.3 is 0 Å². The van der Waals surface area contributed by atoms with E-state index in [1.54, 1.807) is 29.8 Å². The van der Waals surface area contributed by atoms with Gasteiger partial charge in [-0.15, -0.1) is 11.3 Å². The summed E-state index contributed by atoms with van der Waals surface area (Å²) in [6.07, 6.45) is 1.56. The van der Waals surface area contributed by atoms with Gasteiger partial charge in [-0.05, 0) is 17.5 Å². The van der Waals surface area contributed by atoms with Crippen molar-refractivity contribution in [3.8, 4) is 11.3 Å². The lowest BCUT2D eigenvalue weighted by atomic mass is 10.1. The largest absolute Gasteiger partial charge is 0.275 e. The van der Waals surface area contributed by atoms with E-state index in [9.17, 15) is 8.42 Å². The van der Waals surface area contributed by atoms with Crippen molar-refractivity contribution < 1.29 is 8.42 Å². The van der Waals surface area contributed by atoms with Crippen LogP contribution >= 0.6 is 11.3 Å². The molecule has 0 spiro atoms. The van der Waals surface area contributed by atoms with Crippen molar-refractivity contribution in [1.82, 2.24) is 9.97 Å². The van der Waals surface area contributed by atoms with Crippen LogP contribution in [0.1, 0.15) is 0 Å². The van der Waals surface area contributed by atoms with E-state index < -0.39 is 10.0 Å². The van der Waals surface area contributed by atoms with Crippen LogP contribution in [0, 0.1) is 0 Å². The van der Waals surface area contributed by atoms with Crippen LogP contribution in [0.15, 0.2) is 64.3 Å². The SMILES string of the molecule is CN(c1nccc(-c2ccccc2)n1)S(=O)(=O)c1cccs1. The van der Waals surface area contributed by atoms with Gasteiger partial charge in [0.1, 0.15) is 4.21 Å². The Bertz CT molecular complexity index is 863. The fourth-order valence-corrected chi connectivity index (χ4v) is 4.18. The van der Waals surface area contributed by atoms with Gasteiger partial charge in [-0.1, -0.05) is 36.4 Å². The number of hydrogen-bond donors (Lipinski definition) is 0. The molecule has 0 saturated carbocycles. The van der Waals surface area contributed by atoms with Gasteiger partial charge in [-0.2, -0.15) is 0 Å². The Kier molecular flexibility index (Phi) is 3.91. The molecule has 2 heterocycles. The number of aromatic nitrogens is 2. The number of nitrogens with zero attached hydrogens (tertiary/aromatic N) is 3. The molecular weight excluding hydrogens is 318 g/mol. The van der Waals surface area contributed by atoms with E-state index >= 15 is 0 Å². The third-order valence-corrected chi connectivity index (χ3v) is 6.21. The second kappa shape index (κ2) is 5.86. The highest BCUT2D eigenvalue weighted by Gasteiger charge is 2.24. The first kappa shape index (κ1) is 14.7. The third kappa shape index (κ3) is 2.72. The van der Waals surface area contributed by atoms with Crippen molar-refractivity contribution in [3.63, 3.8) is 0 Å². The molecule has 3 rings (SSSR count). The van der Waals surface area contributed by atoms with Crippen molar-refractivity contribution in [2.24, 2.45) is 0 Å². The molecule has 0 aliphatic carbocycles. The van der Waals surface area contributed by atoms with Crippen molar-refractivity contribution in [3.05, 3.63) is 60.1 Å². The van der Waals surface area contributed by atoms with Crippen LogP contribution in [0.3, 0.4) is 0 Å². The Balaban J connectivity index is 1.99. The van der Waals surface area contributed by atoms with Crippen LogP contribution in [0.2, 0.25) is 0 Å². The van der Waals surface area contributed by atoms with E-state index in [-0.39, 0.29) is 10.2 Å². The van der Waals surface area contributed by atoms with Gasteiger partial charge in [-0.25, -0.2) is 22.7 Å². The summed E-state index contributed by atoms with van der Waals surface area (Å²) < 4.78 is 26.4. The smallest absolute Gasteiger partial charge is 0.236 e. The quantitative estimate of drug-likeness (QED) is 0.737.